The number of rotatable bonds is 3. The third kappa shape index (κ3) is 2.77. The van der Waals surface area contributed by atoms with E-state index in [4.69, 9.17) is 4.74 Å². The Morgan fingerprint density at radius 2 is 1.76 bits per heavy atom. The van der Waals surface area contributed by atoms with Crippen LogP contribution in [-0.4, -0.2) is 55.0 Å². The van der Waals surface area contributed by atoms with E-state index < -0.39 is 0 Å². The standard InChI is InChI=1S/C17H24N2O2/c1-18-11-3-5-15(18)16-6-4-12-19(16)17(20)13-7-9-14(21-2)10-8-13/h7-10,15-16H,3-6,11-12H2,1-2H3/t15-,16+/m1/s1. The molecule has 1 aromatic rings. The summed E-state index contributed by atoms with van der Waals surface area (Å²) in [6.45, 7) is 2.05. The maximum absolute atomic E-state index is 12.8. The van der Waals surface area contributed by atoms with Crippen LogP contribution in [0.4, 0.5) is 0 Å². The molecule has 3 rings (SSSR count). The van der Waals surface area contributed by atoms with Crippen LogP contribution in [0, 0.1) is 0 Å². The molecule has 2 atom stereocenters. The van der Waals surface area contributed by atoms with Crippen molar-refractivity contribution < 1.29 is 9.53 Å². The highest BCUT2D eigenvalue weighted by atomic mass is 16.5. The average Bonchev–Trinajstić information content (AvgIpc) is 3.14. The molecule has 0 saturated carbocycles. The first-order chi connectivity index (χ1) is 10.2. The van der Waals surface area contributed by atoms with Crippen molar-refractivity contribution in [2.45, 2.75) is 37.8 Å². The van der Waals surface area contributed by atoms with E-state index in [9.17, 15) is 4.79 Å². The highest BCUT2D eigenvalue weighted by molar-refractivity contribution is 5.94. The Balaban J connectivity index is 1.76. The summed E-state index contributed by atoms with van der Waals surface area (Å²) in [6, 6.07) is 8.38. The first-order valence-electron chi connectivity index (χ1n) is 7.86. The summed E-state index contributed by atoms with van der Waals surface area (Å²) in [4.78, 5) is 17.3. The number of hydrogen-bond donors (Lipinski definition) is 0. The van der Waals surface area contributed by atoms with Gasteiger partial charge in [0.25, 0.3) is 5.91 Å². The number of hydrogen-bond acceptors (Lipinski definition) is 3. The number of carbonyl (C=O) groups is 1. The molecule has 0 N–H and O–H groups in total. The summed E-state index contributed by atoms with van der Waals surface area (Å²) in [7, 11) is 3.83. The van der Waals surface area contributed by atoms with Crippen molar-refractivity contribution in [1.29, 1.82) is 0 Å². The fourth-order valence-corrected chi connectivity index (χ4v) is 3.77. The van der Waals surface area contributed by atoms with E-state index in [2.05, 4.69) is 16.8 Å². The van der Waals surface area contributed by atoms with E-state index in [1.807, 2.05) is 24.3 Å². The van der Waals surface area contributed by atoms with Crippen molar-refractivity contribution in [3.8, 4) is 5.75 Å². The van der Waals surface area contributed by atoms with E-state index in [1.165, 1.54) is 12.8 Å². The lowest BCUT2D eigenvalue weighted by Gasteiger charge is -2.33. The minimum Gasteiger partial charge on any atom is -0.497 e. The van der Waals surface area contributed by atoms with Gasteiger partial charge in [0, 0.05) is 24.2 Å². The number of likely N-dealkylation sites (tertiary alicyclic amines) is 2. The van der Waals surface area contributed by atoms with Crippen LogP contribution < -0.4 is 4.74 Å². The Morgan fingerprint density at radius 3 is 2.38 bits per heavy atom. The molecule has 1 amide bonds. The summed E-state index contributed by atoms with van der Waals surface area (Å²) >= 11 is 0. The van der Waals surface area contributed by atoms with Crippen LogP contribution in [0.5, 0.6) is 5.75 Å². The second-order valence-corrected chi connectivity index (χ2v) is 6.13. The Kier molecular flexibility index (Phi) is 4.15. The third-order valence-corrected chi connectivity index (χ3v) is 4.92. The van der Waals surface area contributed by atoms with Crippen molar-refractivity contribution in [2.24, 2.45) is 0 Å². The second-order valence-electron chi connectivity index (χ2n) is 6.13. The van der Waals surface area contributed by atoms with Crippen LogP contribution >= 0.6 is 0 Å². The molecule has 0 spiro atoms. The summed E-state index contributed by atoms with van der Waals surface area (Å²) in [6.07, 6.45) is 4.73. The fourth-order valence-electron chi connectivity index (χ4n) is 3.77. The number of carbonyl (C=O) groups excluding carboxylic acids is 1. The molecule has 21 heavy (non-hydrogen) atoms. The number of amides is 1. The highest BCUT2D eigenvalue weighted by Gasteiger charge is 2.38. The lowest BCUT2D eigenvalue weighted by atomic mass is 10.0. The number of methoxy groups -OCH3 is 1. The highest BCUT2D eigenvalue weighted by Crippen LogP contribution is 2.30. The van der Waals surface area contributed by atoms with Crippen LogP contribution in [0.2, 0.25) is 0 Å². The molecule has 2 aliphatic rings. The predicted molar refractivity (Wildman–Crippen MR) is 82.7 cm³/mol. The van der Waals surface area contributed by atoms with Crippen molar-refractivity contribution in [1.82, 2.24) is 9.80 Å². The summed E-state index contributed by atoms with van der Waals surface area (Å²) < 4.78 is 5.16. The van der Waals surface area contributed by atoms with Crippen LogP contribution in [-0.2, 0) is 0 Å². The van der Waals surface area contributed by atoms with Gasteiger partial charge in [-0.25, -0.2) is 0 Å². The van der Waals surface area contributed by atoms with E-state index in [-0.39, 0.29) is 5.91 Å². The van der Waals surface area contributed by atoms with Gasteiger partial charge >= 0.3 is 0 Å². The minimum absolute atomic E-state index is 0.167. The molecule has 114 valence electrons. The lowest BCUT2D eigenvalue weighted by Crippen LogP contribution is -2.47. The number of likely N-dealkylation sites (N-methyl/N-ethyl adjacent to an activating group) is 1. The van der Waals surface area contributed by atoms with Crippen LogP contribution in [0.25, 0.3) is 0 Å². The lowest BCUT2D eigenvalue weighted by molar-refractivity contribution is 0.0664. The van der Waals surface area contributed by atoms with E-state index >= 15 is 0 Å². The zero-order valence-corrected chi connectivity index (χ0v) is 12.9. The second kappa shape index (κ2) is 6.06. The molecule has 2 heterocycles. The molecule has 0 aliphatic carbocycles. The minimum atomic E-state index is 0.167. The van der Waals surface area contributed by atoms with Crippen molar-refractivity contribution in [3.63, 3.8) is 0 Å². The van der Waals surface area contributed by atoms with Gasteiger partial charge < -0.3 is 14.5 Å². The monoisotopic (exact) mass is 288 g/mol. The molecule has 0 bridgehead atoms. The first kappa shape index (κ1) is 14.4. The Labute approximate surface area is 126 Å². The van der Waals surface area contributed by atoms with Gasteiger partial charge in [-0.15, -0.1) is 0 Å². The molecule has 4 nitrogen and oxygen atoms in total. The number of ether oxygens (including phenoxy) is 1. The molecular weight excluding hydrogens is 264 g/mol. The Morgan fingerprint density at radius 1 is 1.10 bits per heavy atom. The smallest absolute Gasteiger partial charge is 0.254 e. The molecule has 2 fully saturated rings. The van der Waals surface area contributed by atoms with Gasteiger partial charge in [0.05, 0.1) is 7.11 Å². The van der Waals surface area contributed by atoms with Gasteiger partial charge in [-0.1, -0.05) is 0 Å². The molecule has 0 aromatic heterocycles. The number of benzene rings is 1. The van der Waals surface area contributed by atoms with Gasteiger partial charge in [0.2, 0.25) is 0 Å². The normalized spacial score (nSPS) is 26.3. The Bertz CT molecular complexity index is 500. The van der Waals surface area contributed by atoms with Crippen LogP contribution in [0.15, 0.2) is 24.3 Å². The van der Waals surface area contributed by atoms with Crippen molar-refractivity contribution >= 4 is 5.91 Å². The van der Waals surface area contributed by atoms with Crippen molar-refractivity contribution in [3.05, 3.63) is 29.8 Å². The van der Waals surface area contributed by atoms with Gasteiger partial charge in [-0.3, -0.25) is 4.79 Å². The molecular formula is C17H24N2O2. The summed E-state index contributed by atoms with van der Waals surface area (Å²) in [5.74, 6) is 0.959. The van der Waals surface area contributed by atoms with Crippen LogP contribution in [0.3, 0.4) is 0 Å². The molecule has 0 radical (unpaired) electrons. The maximum atomic E-state index is 12.8. The molecule has 0 unspecified atom stereocenters. The predicted octanol–water partition coefficient (Wildman–Crippen LogP) is 2.39. The zero-order valence-electron chi connectivity index (χ0n) is 12.9. The molecule has 2 saturated heterocycles. The summed E-state index contributed by atoms with van der Waals surface area (Å²) in [5.41, 5.74) is 0.767. The number of nitrogens with zero attached hydrogens (tertiary/aromatic N) is 2. The third-order valence-electron chi connectivity index (χ3n) is 4.92. The quantitative estimate of drug-likeness (QED) is 0.856. The van der Waals surface area contributed by atoms with Gasteiger partial charge in [0.15, 0.2) is 0 Å². The average molecular weight is 288 g/mol. The Hall–Kier alpha value is -1.55. The molecule has 2 aliphatic heterocycles. The molecule has 1 aromatic carbocycles. The van der Waals surface area contributed by atoms with E-state index in [1.54, 1.807) is 7.11 Å². The maximum Gasteiger partial charge on any atom is 0.254 e. The van der Waals surface area contributed by atoms with E-state index in [0.717, 1.165) is 37.2 Å². The molecule has 4 heteroatoms. The first-order valence-corrected chi connectivity index (χ1v) is 7.86. The van der Waals surface area contributed by atoms with Gasteiger partial charge in [-0.05, 0) is 63.5 Å². The van der Waals surface area contributed by atoms with Crippen LogP contribution in [0.1, 0.15) is 36.0 Å². The fraction of sp³-hybridized carbons (Fsp3) is 0.588. The largest absolute Gasteiger partial charge is 0.497 e. The van der Waals surface area contributed by atoms with E-state index in [0.29, 0.717) is 12.1 Å². The topological polar surface area (TPSA) is 32.8 Å². The SMILES string of the molecule is COc1ccc(C(=O)N2CCC[C@H]2[C@H]2CCCN2C)cc1. The van der Waals surface area contributed by atoms with Gasteiger partial charge in [-0.2, -0.15) is 0 Å². The zero-order chi connectivity index (χ0) is 14.8. The van der Waals surface area contributed by atoms with Crippen molar-refractivity contribution in [2.75, 3.05) is 27.2 Å². The van der Waals surface area contributed by atoms with Gasteiger partial charge in [0.1, 0.15) is 5.75 Å². The summed E-state index contributed by atoms with van der Waals surface area (Å²) in [5, 5.41) is 0.